The van der Waals surface area contributed by atoms with Crippen molar-refractivity contribution in [3.63, 3.8) is 0 Å². The maximum Gasteiger partial charge on any atom is 0.169 e. The molecule has 0 heterocycles. The van der Waals surface area contributed by atoms with Crippen LogP contribution in [0.4, 0.5) is 0 Å². The number of methoxy groups -OCH3 is 1. The van der Waals surface area contributed by atoms with Crippen molar-refractivity contribution in [2.45, 2.75) is 20.0 Å². The number of nitriles is 1. The number of carbonyl (C=O) groups excluding carboxylic acids is 1. The van der Waals surface area contributed by atoms with Gasteiger partial charge in [-0.05, 0) is 26.0 Å². The minimum absolute atomic E-state index is 0.0682. The predicted octanol–water partition coefficient (Wildman–Crippen LogP) is 1.92. The molecule has 1 atom stereocenters. The molecule has 0 radical (unpaired) electrons. The Morgan fingerprint density at radius 1 is 1.38 bits per heavy atom. The van der Waals surface area contributed by atoms with Crippen molar-refractivity contribution in [1.82, 2.24) is 0 Å². The molecule has 4 heteroatoms. The van der Waals surface area contributed by atoms with Crippen LogP contribution in [0.2, 0.25) is 0 Å². The third-order valence-corrected chi connectivity index (χ3v) is 2.13. The van der Waals surface area contributed by atoms with Gasteiger partial charge in [-0.1, -0.05) is 0 Å². The van der Waals surface area contributed by atoms with Gasteiger partial charge in [-0.15, -0.1) is 0 Å². The Labute approximate surface area is 94.4 Å². The number of Topliss-reactive ketones (excluding diaryl/α,β-unsaturated/α-hetero) is 1. The molecule has 0 aliphatic carbocycles. The van der Waals surface area contributed by atoms with Gasteiger partial charge >= 0.3 is 0 Å². The molecule has 1 unspecified atom stereocenters. The van der Waals surface area contributed by atoms with Crippen molar-refractivity contribution in [1.29, 1.82) is 5.26 Å². The lowest BCUT2D eigenvalue weighted by Gasteiger charge is -2.12. The highest BCUT2D eigenvalue weighted by atomic mass is 16.5. The van der Waals surface area contributed by atoms with Crippen molar-refractivity contribution in [2.75, 3.05) is 7.11 Å². The third kappa shape index (κ3) is 2.99. The Bertz CT molecular complexity index is 434. The molecule has 0 saturated carbocycles. The molecule has 84 valence electrons. The average Bonchev–Trinajstić information content (AvgIpc) is 2.28. The summed E-state index contributed by atoms with van der Waals surface area (Å²) >= 11 is 0. The summed E-state index contributed by atoms with van der Waals surface area (Å²) in [6, 6.07) is 6.81. The Kier molecular flexibility index (Phi) is 3.90. The van der Waals surface area contributed by atoms with E-state index in [1.54, 1.807) is 25.1 Å². The highest BCUT2D eigenvalue weighted by molar-refractivity contribution is 5.80. The fourth-order valence-corrected chi connectivity index (χ4v) is 1.11. The predicted molar refractivity (Wildman–Crippen MR) is 58.5 cm³/mol. The van der Waals surface area contributed by atoms with E-state index in [9.17, 15) is 4.79 Å². The number of hydrogen-bond donors (Lipinski definition) is 0. The monoisotopic (exact) mass is 219 g/mol. The summed E-state index contributed by atoms with van der Waals surface area (Å²) < 4.78 is 10.4. The Hall–Kier alpha value is -2.02. The van der Waals surface area contributed by atoms with E-state index in [0.717, 1.165) is 0 Å². The van der Waals surface area contributed by atoms with Gasteiger partial charge in [-0.2, -0.15) is 5.26 Å². The van der Waals surface area contributed by atoms with E-state index >= 15 is 0 Å². The van der Waals surface area contributed by atoms with E-state index in [1.165, 1.54) is 14.0 Å². The molecule has 1 rings (SSSR count). The van der Waals surface area contributed by atoms with Crippen molar-refractivity contribution in [3.05, 3.63) is 23.8 Å². The number of benzene rings is 1. The lowest BCUT2D eigenvalue weighted by Crippen LogP contribution is -2.20. The van der Waals surface area contributed by atoms with Crippen molar-refractivity contribution < 1.29 is 14.3 Å². The zero-order valence-electron chi connectivity index (χ0n) is 9.48. The number of rotatable bonds is 4. The molecule has 0 bridgehead atoms. The number of ketones is 1. The second kappa shape index (κ2) is 5.17. The quantitative estimate of drug-likeness (QED) is 0.776. The highest BCUT2D eigenvalue weighted by Crippen LogP contribution is 2.23. The van der Waals surface area contributed by atoms with Gasteiger partial charge in [0.25, 0.3) is 0 Å². The molecule has 4 nitrogen and oxygen atoms in total. The molecule has 0 fully saturated rings. The minimum Gasteiger partial charge on any atom is -0.497 e. The van der Waals surface area contributed by atoms with Crippen molar-refractivity contribution >= 4 is 5.78 Å². The van der Waals surface area contributed by atoms with Crippen LogP contribution in [-0.4, -0.2) is 19.0 Å². The van der Waals surface area contributed by atoms with Crippen LogP contribution in [0.3, 0.4) is 0 Å². The van der Waals surface area contributed by atoms with Gasteiger partial charge in [0, 0.05) is 6.07 Å². The molecule has 0 saturated heterocycles. The average molecular weight is 219 g/mol. The van der Waals surface area contributed by atoms with E-state index in [2.05, 4.69) is 0 Å². The molecule has 16 heavy (non-hydrogen) atoms. The first kappa shape index (κ1) is 12.1. The maximum absolute atomic E-state index is 11.0. The number of hydrogen-bond acceptors (Lipinski definition) is 4. The standard InChI is InChI=1S/C12H13NO3/c1-8(14)9(2)16-12-5-10(7-13)4-11(6-12)15-3/h4-6,9H,1-3H3. The smallest absolute Gasteiger partial charge is 0.169 e. The number of carbonyl (C=O) groups is 1. The zero-order chi connectivity index (χ0) is 12.1. The van der Waals surface area contributed by atoms with Crippen molar-refractivity contribution in [2.24, 2.45) is 0 Å². The third-order valence-electron chi connectivity index (χ3n) is 2.13. The molecular weight excluding hydrogens is 206 g/mol. The molecule has 1 aromatic carbocycles. The van der Waals surface area contributed by atoms with Gasteiger partial charge in [0.05, 0.1) is 18.7 Å². The Morgan fingerprint density at radius 3 is 2.50 bits per heavy atom. The first-order chi connectivity index (χ1) is 7.56. The lowest BCUT2D eigenvalue weighted by molar-refractivity contribution is -0.122. The largest absolute Gasteiger partial charge is 0.497 e. The van der Waals surface area contributed by atoms with E-state index in [0.29, 0.717) is 17.1 Å². The summed E-state index contributed by atoms with van der Waals surface area (Å²) in [7, 11) is 1.51. The first-order valence-corrected chi connectivity index (χ1v) is 4.83. The zero-order valence-corrected chi connectivity index (χ0v) is 9.48. The first-order valence-electron chi connectivity index (χ1n) is 4.83. The topological polar surface area (TPSA) is 59.3 Å². The normalized spacial score (nSPS) is 11.4. The van der Waals surface area contributed by atoms with Crippen LogP contribution in [0.5, 0.6) is 11.5 Å². The molecule has 0 amide bonds. The lowest BCUT2D eigenvalue weighted by atomic mass is 10.2. The second-order valence-corrected chi connectivity index (χ2v) is 3.38. The van der Waals surface area contributed by atoms with Gasteiger partial charge in [-0.3, -0.25) is 4.79 Å². The molecule has 0 aromatic heterocycles. The fraction of sp³-hybridized carbons (Fsp3) is 0.333. The van der Waals surface area contributed by atoms with Crippen LogP contribution in [-0.2, 0) is 4.79 Å². The van der Waals surface area contributed by atoms with Gasteiger partial charge in [0.1, 0.15) is 11.5 Å². The van der Waals surface area contributed by atoms with Gasteiger partial charge < -0.3 is 9.47 Å². The molecule has 0 spiro atoms. The summed E-state index contributed by atoms with van der Waals surface area (Å²) in [5, 5.41) is 8.80. The molecule has 0 aliphatic heterocycles. The van der Waals surface area contributed by atoms with E-state index in [1.807, 2.05) is 6.07 Å². The van der Waals surface area contributed by atoms with Crippen LogP contribution < -0.4 is 9.47 Å². The molecule has 0 N–H and O–H groups in total. The van der Waals surface area contributed by atoms with E-state index < -0.39 is 6.10 Å². The minimum atomic E-state index is -0.529. The highest BCUT2D eigenvalue weighted by Gasteiger charge is 2.10. The maximum atomic E-state index is 11.0. The van der Waals surface area contributed by atoms with Crippen molar-refractivity contribution in [3.8, 4) is 17.6 Å². The van der Waals surface area contributed by atoms with Crippen LogP contribution >= 0.6 is 0 Å². The summed E-state index contributed by atoms with van der Waals surface area (Å²) in [5.41, 5.74) is 0.435. The SMILES string of the molecule is COc1cc(C#N)cc(OC(C)C(C)=O)c1. The second-order valence-electron chi connectivity index (χ2n) is 3.38. The van der Waals surface area contributed by atoms with E-state index in [4.69, 9.17) is 14.7 Å². The van der Waals surface area contributed by atoms with Gasteiger partial charge in [0.2, 0.25) is 0 Å². The van der Waals surface area contributed by atoms with Crippen LogP contribution in [0.25, 0.3) is 0 Å². The van der Waals surface area contributed by atoms with Crippen LogP contribution in [0.1, 0.15) is 19.4 Å². The Balaban J connectivity index is 2.96. The van der Waals surface area contributed by atoms with E-state index in [-0.39, 0.29) is 5.78 Å². The van der Waals surface area contributed by atoms with Crippen LogP contribution in [0.15, 0.2) is 18.2 Å². The molecule has 1 aromatic rings. The summed E-state index contributed by atoms with van der Waals surface area (Å²) in [6.45, 7) is 3.11. The van der Waals surface area contributed by atoms with Gasteiger partial charge in [0.15, 0.2) is 11.9 Å². The summed E-state index contributed by atoms with van der Waals surface area (Å²) in [6.07, 6.45) is -0.529. The summed E-state index contributed by atoms with van der Waals surface area (Å²) in [4.78, 5) is 11.0. The number of nitrogens with zero attached hydrogens (tertiary/aromatic N) is 1. The van der Waals surface area contributed by atoms with Gasteiger partial charge in [-0.25, -0.2) is 0 Å². The number of ether oxygens (including phenoxy) is 2. The Morgan fingerprint density at radius 2 is 2.00 bits per heavy atom. The summed E-state index contributed by atoms with van der Waals surface area (Å²) in [5.74, 6) is 0.921. The van der Waals surface area contributed by atoms with Crippen LogP contribution in [0, 0.1) is 11.3 Å². The fourth-order valence-electron chi connectivity index (χ4n) is 1.11. The molecule has 0 aliphatic rings. The molecular formula is C12H13NO3.